The number of hydrogen-bond acceptors (Lipinski definition) is 4. The summed E-state index contributed by atoms with van der Waals surface area (Å²) in [5, 5.41) is 1.45. The molecule has 0 aliphatic heterocycles. The third-order valence-corrected chi connectivity index (χ3v) is 8.22. The molecule has 1 aliphatic rings. The number of benzene rings is 2. The molecule has 5 rings (SSSR count). The molecule has 5 nitrogen and oxygen atoms in total. The van der Waals surface area contributed by atoms with Gasteiger partial charge in [0.05, 0.1) is 22.0 Å². The van der Waals surface area contributed by atoms with Crippen LogP contribution in [0.4, 0.5) is 5.13 Å². The Morgan fingerprint density at radius 2 is 1.97 bits per heavy atom. The van der Waals surface area contributed by atoms with Gasteiger partial charge in [0.25, 0.3) is 0 Å². The molecule has 0 radical (unpaired) electrons. The molecular weight excluding hydrogens is 520 g/mol. The number of imidazole rings is 1. The fourth-order valence-electron chi connectivity index (χ4n) is 4.75. The van der Waals surface area contributed by atoms with Gasteiger partial charge in [-0.25, -0.2) is 9.97 Å². The van der Waals surface area contributed by atoms with Crippen molar-refractivity contribution in [1.29, 1.82) is 0 Å². The molecule has 0 spiro atoms. The summed E-state index contributed by atoms with van der Waals surface area (Å²) in [6, 6.07) is 13.9. The molecule has 0 unspecified atom stereocenters. The van der Waals surface area contributed by atoms with E-state index in [0.717, 1.165) is 64.0 Å². The summed E-state index contributed by atoms with van der Waals surface area (Å²) in [6.07, 6.45) is 10.2. The molecule has 4 aromatic rings. The summed E-state index contributed by atoms with van der Waals surface area (Å²) < 4.78 is 4.12. The van der Waals surface area contributed by atoms with Gasteiger partial charge < -0.3 is 4.57 Å². The van der Waals surface area contributed by atoms with Crippen molar-refractivity contribution in [3.05, 3.63) is 76.2 Å². The summed E-state index contributed by atoms with van der Waals surface area (Å²) in [5.74, 6) is 0.145. The second-order valence-corrected chi connectivity index (χ2v) is 10.9. The SMILES string of the molecule is O=C(N(CCCn1ccnc1)c1nc2ccc(Br)cc2s1)C1(c2ccc(Cl)cc2)CCCC1. The van der Waals surface area contributed by atoms with Crippen molar-refractivity contribution in [3.63, 3.8) is 0 Å². The zero-order valence-corrected chi connectivity index (χ0v) is 21.2. The summed E-state index contributed by atoms with van der Waals surface area (Å²) >= 11 is 11.3. The maximum absolute atomic E-state index is 14.3. The van der Waals surface area contributed by atoms with Crippen molar-refractivity contribution in [3.8, 4) is 0 Å². The van der Waals surface area contributed by atoms with Crippen molar-refractivity contribution in [2.45, 2.75) is 44.1 Å². The molecule has 170 valence electrons. The number of aromatic nitrogens is 3. The fraction of sp³-hybridized carbons (Fsp3) is 0.320. The standard InChI is InChI=1S/C25H24BrClN4OS/c26-19-6-9-21-22(16-19)33-24(29-21)31(14-3-13-30-15-12-28-17-30)23(32)25(10-1-2-11-25)18-4-7-20(27)8-5-18/h4-9,12,15-17H,1-3,10-11,13-14H2. The molecule has 1 fully saturated rings. The van der Waals surface area contributed by atoms with E-state index < -0.39 is 5.41 Å². The molecule has 0 saturated heterocycles. The van der Waals surface area contributed by atoms with Gasteiger partial charge in [0.15, 0.2) is 5.13 Å². The number of fused-ring (bicyclic) bond motifs is 1. The minimum Gasteiger partial charge on any atom is -0.337 e. The largest absolute Gasteiger partial charge is 0.337 e. The summed E-state index contributed by atoms with van der Waals surface area (Å²) in [6.45, 7) is 1.40. The van der Waals surface area contributed by atoms with Gasteiger partial charge in [0.2, 0.25) is 5.91 Å². The number of thiazole rings is 1. The first-order chi connectivity index (χ1) is 16.0. The zero-order valence-electron chi connectivity index (χ0n) is 18.1. The Bertz CT molecular complexity index is 1250. The lowest BCUT2D eigenvalue weighted by molar-refractivity contribution is -0.124. The highest BCUT2D eigenvalue weighted by molar-refractivity contribution is 9.10. The number of carbonyl (C=O) groups excluding carboxylic acids is 1. The van der Waals surface area contributed by atoms with Gasteiger partial charge in [-0.05, 0) is 55.2 Å². The first kappa shape index (κ1) is 22.6. The Morgan fingerprint density at radius 1 is 1.18 bits per heavy atom. The molecule has 0 N–H and O–H groups in total. The lowest BCUT2D eigenvalue weighted by Gasteiger charge is -2.34. The van der Waals surface area contributed by atoms with E-state index in [0.29, 0.717) is 11.6 Å². The number of carbonyl (C=O) groups is 1. The summed E-state index contributed by atoms with van der Waals surface area (Å²) in [5.41, 5.74) is 1.44. The summed E-state index contributed by atoms with van der Waals surface area (Å²) in [7, 11) is 0. The van der Waals surface area contributed by atoms with Crippen LogP contribution in [0.1, 0.15) is 37.7 Å². The van der Waals surface area contributed by atoms with Crippen molar-refractivity contribution in [2.24, 2.45) is 0 Å². The van der Waals surface area contributed by atoms with E-state index in [-0.39, 0.29) is 5.91 Å². The van der Waals surface area contributed by atoms with Crippen LogP contribution in [0.3, 0.4) is 0 Å². The highest BCUT2D eigenvalue weighted by Crippen LogP contribution is 2.44. The second kappa shape index (κ2) is 9.57. The first-order valence-electron chi connectivity index (χ1n) is 11.1. The topological polar surface area (TPSA) is 51.0 Å². The Morgan fingerprint density at radius 3 is 2.70 bits per heavy atom. The quantitative estimate of drug-likeness (QED) is 0.256. The Hall–Kier alpha value is -2.22. The van der Waals surface area contributed by atoms with Crippen molar-refractivity contribution in [2.75, 3.05) is 11.4 Å². The maximum Gasteiger partial charge on any atom is 0.239 e. The van der Waals surface area contributed by atoms with Gasteiger partial charge in [0.1, 0.15) is 0 Å². The Labute approximate surface area is 210 Å². The van der Waals surface area contributed by atoms with E-state index in [9.17, 15) is 4.79 Å². The van der Waals surface area contributed by atoms with Crippen LogP contribution in [0.5, 0.6) is 0 Å². The van der Waals surface area contributed by atoms with Crippen molar-refractivity contribution < 1.29 is 4.79 Å². The molecule has 2 aromatic carbocycles. The van der Waals surface area contributed by atoms with Crippen LogP contribution in [-0.4, -0.2) is 27.0 Å². The number of aryl methyl sites for hydroxylation is 1. The molecule has 2 heterocycles. The molecule has 0 atom stereocenters. The maximum atomic E-state index is 14.3. The number of amides is 1. The highest BCUT2D eigenvalue weighted by Gasteiger charge is 2.45. The van der Waals surface area contributed by atoms with E-state index in [1.807, 2.05) is 58.4 Å². The molecule has 1 aliphatic carbocycles. The number of hydrogen-bond donors (Lipinski definition) is 0. The first-order valence-corrected chi connectivity index (χ1v) is 13.1. The monoisotopic (exact) mass is 542 g/mol. The van der Waals surface area contributed by atoms with Gasteiger partial charge in [0, 0.05) is 35.0 Å². The number of rotatable bonds is 7. The Balaban J connectivity index is 1.51. The van der Waals surface area contributed by atoms with Crippen LogP contribution in [0.15, 0.2) is 65.7 Å². The van der Waals surface area contributed by atoms with E-state index in [1.54, 1.807) is 17.5 Å². The normalized spacial score (nSPS) is 15.2. The lowest BCUT2D eigenvalue weighted by atomic mass is 9.77. The molecule has 33 heavy (non-hydrogen) atoms. The third kappa shape index (κ3) is 4.59. The van der Waals surface area contributed by atoms with E-state index in [1.165, 1.54) is 0 Å². The fourth-order valence-corrected chi connectivity index (χ4v) is 6.42. The van der Waals surface area contributed by atoms with Gasteiger partial charge in [-0.2, -0.15) is 0 Å². The van der Waals surface area contributed by atoms with Gasteiger partial charge in [-0.15, -0.1) is 0 Å². The minimum absolute atomic E-state index is 0.145. The van der Waals surface area contributed by atoms with E-state index in [4.69, 9.17) is 16.6 Å². The van der Waals surface area contributed by atoms with Gasteiger partial charge in [-0.1, -0.05) is 63.8 Å². The Kier molecular flexibility index (Phi) is 6.54. The lowest BCUT2D eigenvalue weighted by Crippen LogP contribution is -2.46. The third-order valence-electron chi connectivity index (χ3n) is 6.44. The van der Waals surface area contributed by atoms with Crippen LogP contribution in [0.2, 0.25) is 5.02 Å². The van der Waals surface area contributed by atoms with Crippen LogP contribution < -0.4 is 4.90 Å². The molecule has 1 saturated carbocycles. The minimum atomic E-state index is -0.530. The molecule has 8 heteroatoms. The van der Waals surface area contributed by atoms with Crippen LogP contribution in [0.25, 0.3) is 10.2 Å². The average Bonchev–Trinajstić information content (AvgIpc) is 3.57. The van der Waals surface area contributed by atoms with Crippen molar-refractivity contribution >= 4 is 60.1 Å². The zero-order chi connectivity index (χ0) is 22.8. The van der Waals surface area contributed by atoms with E-state index in [2.05, 4.69) is 27.0 Å². The van der Waals surface area contributed by atoms with Gasteiger partial charge >= 0.3 is 0 Å². The molecule has 0 bridgehead atoms. The summed E-state index contributed by atoms with van der Waals surface area (Å²) in [4.78, 5) is 25.2. The van der Waals surface area contributed by atoms with Crippen LogP contribution in [0, 0.1) is 0 Å². The van der Waals surface area contributed by atoms with Crippen molar-refractivity contribution in [1.82, 2.24) is 14.5 Å². The molecular formula is C25H24BrClN4OS. The molecule has 2 aromatic heterocycles. The number of anilines is 1. The smallest absolute Gasteiger partial charge is 0.239 e. The van der Waals surface area contributed by atoms with Gasteiger partial charge in [-0.3, -0.25) is 9.69 Å². The van der Waals surface area contributed by atoms with E-state index >= 15 is 0 Å². The highest BCUT2D eigenvalue weighted by atomic mass is 79.9. The number of nitrogens with zero attached hydrogens (tertiary/aromatic N) is 4. The van der Waals surface area contributed by atoms with Crippen LogP contribution >= 0.6 is 38.9 Å². The predicted octanol–water partition coefficient (Wildman–Crippen LogP) is 6.84. The number of halogens is 2. The van der Waals surface area contributed by atoms with Crippen LogP contribution in [-0.2, 0) is 16.8 Å². The molecule has 1 amide bonds. The predicted molar refractivity (Wildman–Crippen MR) is 138 cm³/mol. The second-order valence-electron chi connectivity index (χ2n) is 8.52. The average molecular weight is 544 g/mol.